The van der Waals surface area contributed by atoms with E-state index in [0.29, 0.717) is 17.3 Å². The van der Waals surface area contributed by atoms with Gasteiger partial charge < -0.3 is 11.1 Å². The molecule has 1 saturated carbocycles. The van der Waals surface area contributed by atoms with Gasteiger partial charge in [0.2, 0.25) is 0 Å². The topological polar surface area (TPSA) is 80.9 Å². The van der Waals surface area contributed by atoms with Crippen molar-refractivity contribution in [2.75, 3.05) is 6.54 Å². The molecule has 1 aromatic rings. The van der Waals surface area contributed by atoms with E-state index in [-0.39, 0.29) is 11.9 Å². The average molecular weight is 240 g/mol. The lowest BCUT2D eigenvalue weighted by atomic mass is 9.84. The van der Waals surface area contributed by atoms with Gasteiger partial charge in [0.15, 0.2) is 0 Å². The van der Waals surface area contributed by atoms with E-state index in [1.165, 1.54) is 19.0 Å². The van der Waals surface area contributed by atoms with Crippen LogP contribution < -0.4 is 11.1 Å². The molecule has 0 aliphatic heterocycles. The Morgan fingerprint density at radius 1 is 1.56 bits per heavy atom. The van der Waals surface area contributed by atoms with E-state index in [4.69, 9.17) is 5.73 Å². The lowest BCUT2D eigenvalue weighted by Crippen LogP contribution is -2.44. The molecule has 88 valence electrons. The minimum atomic E-state index is -0.0691. The van der Waals surface area contributed by atoms with Crippen LogP contribution in [0.3, 0.4) is 0 Å². The average Bonchev–Trinajstić information content (AvgIpc) is 2.83. The summed E-state index contributed by atoms with van der Waals surface area (Å²) in [5.41, 5.74) is 5.71. The fraction of sp³-hybridized carbons (Fsp3) is 0.700. The summed E-state index contributed by atoms with van der Waals surface area (Å²) in [6.07, 6.45) is 6.03. The van der Waals surface area contributed by atoms with Crippen LogP contribution in [0.5, 0.6) is 0 Å². The Bertz CT molecular complexity index is 341. The molecule has 0 radical (unpaired) electrons. The molecule has 0 saturated heterocycles. The van der Waals surface area contributed by atoms with Crippen molar-refractivity contribution in [3.8, 4) is 0 Å². The molecule has 2 rings (SSSR count). The number of hydrogen-bond donors (Lipinski definition) is 2. The van der Waals surface area contributed by atoms with Crippen LogP contribution in [0.2, 0.25) is 0 Å². The zero-order valence-corrected chi connectivity index (χ0v) is 9.87. The molecule has 1 amide bonds. The van der Waals surface area contributed by atoms with Crippen molar-refractivity contribution in [2.24, 2.45) is 11.7 Å². The van der Waals surface area contributed by atoms with Gasteiger partial charge in [-0.25, -0.2) is 0 Å². The number of carbonyl (C=O) groups excluding carboxylic acids is 1. The highest BCUT2D eigenvalue weighted by Crippen LogP contribution is 2.23. The Balaban J connectivity index is 1.95. The molecule has 3 N–H and O–H groups in total. The maximum atomic E-state index is 11.8. The Hall–Kier alpha value is -1.01. The predicted octanol–water partition coefficient (Wildman–Crippen LogP) is 0.785. The zero-order chi connectivity index (χ0) is 11.4. The lowest BCUT2D eigenvalue weighted by molar-refractivity contribution is 0.0912. The number of aromatic nitrogens is 2. The van der Waals surface area contributed by atoms with Gasteiger partial charge in [0.1, 0.15) is 4.88 Å². The molecule has 0 spiro atoms. The molecule has 2 atom stereocenters. The molecule has 16 heavy (non-hydrogen) atoms. The number of amides is 1. The van der Waals surface area contributed by atoms with Crippen molar-refractivity contribution < 1.29 is 4.79 Å². The summed E-state index contributed by atoms with van der Waals surface area (Å²) in [5.74, 6) is 0.346. The molecule has 2 unspecified atom stereocenters. The van der Waals surface area contributed by atoms with Crippen LogP contribution in [-0.4, -0.2) is 28.1 Å². The maximum Gasteiger partial charge on any atom is 0.264 e. The van der Waals surface area contributed by atoms with Gasteiger partial charge in [-0.3, -0.25) is 4.79 Å². The van der Waals surface area contributed by atoms with Gasteiger partial charge in [-0.2, -0.15) is 0 Å². The number of nitrogens with two attached hydrogens (primary N) is 1. The molecule has 1 aromatic heterocycles. The number of hydrogen-bond acceptors (Lipinski definition) is 5. The smallest absolute Gasteiger partial charge is 0.264 e. The molecule has 0 bridgehead atoms. The van der Waals surface area contributed by atoms with Crippen LogP contribution in [0, 0.1) is 5.92 Å². The second-order valence-electron chi connectivity index (χ2n) is 4.14. The van der Waals surface area contributed by atoms with Crippen molar-refractivity contribution in [1.29, 1.82) is 0 Å². The normalized spacial score (nSPS) is 25.3. The monoisotopic (exact) mass is 240 g/mol. The van der Waals surface area contributed by atoms with E-state index in [9.17, 15) is 4.79 Å². The van der Waals surface area contributed by atoms with Gasteiger partial charge >= 0.3 is 0 Å². The molecule has 6 heteroatoms. The van der Waals surface area contributed by atoms with Crippen LogP contribution >= 0.6 is 11.5 Å². The zero-order valence-electron chi connectivity index (χ0n) is 9.06. The largest absolute Gasteiger partial charge is 0.348 e. The third-order valence-corrected chi connectivity index (χ3v) is 3.78. The minimum absolute atomic E-state index is 0.0691. The second kappa shape index (κ2) is 5.36. The molecule has 1 aliphatic rings. The van der Waals surface area contributed by atoms with Crippen molar-refractivity contribution >= 4 is 17.4 Å². The summed E-state index contributed by atoms with van der Waals surface area (Å²) in [4.78, 5) is 12.4. The van der Waals surface area contributed by atoms with Crippen LogP contribution in [0.4, 0.5) is 0 Å². The van der Waals surface area contributed by atoms with Gasteiger partial charge in [-0.05, 0) is 36.8 Å². The minimum Gasteiger partial charge on any atom is -0.348 e. The lowest BCUT2D eigenvalue weighted by Gasteiger charge is -2.31. The second-order valence-corrected chi connectivity index (χ2v) is 4.93. The molecule has 0 aromatic carbocycles. The van der Waals surface area contributed by atoms with Gasteiger partial charge in [-0.15, -0.1) is 5.10 Å². The van der Waals surface area contributed by atoms with Gasteiger partial charge in [0.05, 0.1) is 6.20 Å². The standard InChI is InChI=1S/C10H16N4OS/c11-5-7-3-1-2-4-8(7)13-10(15)9-6-12-14-16-9/h6-8H,1-5,11H2,(H,13,15). The van der Waals surface area contributed by atoms with E-state index >= 15 is 0 Å². The summed E-state index contributed by atoms with van der Waals surface area (Å²) in [6.45, 7) is 0.645. The van der Waals surface area contributed by atoms with Crippen molar-refractivity contribution in [2.45, 2.75) is 31.7 Å². The SMILES string of the molecule is NCC1CCCCC1NC(=O)c1cnns1. The van der Waals surface area contributed by atoms with Crippen LogP contribution in [0.1, 0.15) is 35.4 Å². The number of carbonyl (C=O) groups is 1. The van der Waals surface area contributed by atoms with E-state index in [0.717, 1.165) is 24.4 Å². The number of nitrogens with one attached hydrogen (secondary N) is 1. The first-order chi connectivity index (χ1) is 7.81. The fourth-order valence-corrected chi connectivity index (χ4v) is 2.60. The highest BCUT2D eigenvalue weighted by Gasteiger charge is 2.25. The van der Waals surface area contributed by atoms with Crippen molar-refractivity contribution in [3.05, 3.63) is 11.1 Å². The van der Waals surface area contributed by atoms with E-state index < -0.39 is 0 Å². The molecular weight excluding hydrogens is 224 g/mol. The van der Waals surface area contributed by atoms with E-state index in [1.807, 2.05) is 0 Å². The first-order valence-corrected chi connectivity index (χ1v) is 6.37. The summed E-state index contributed by atoms with van der Waals surface area (Å²) in [5, 5.41) is 6.69. The first kappa shape index (κ1) is 11.5. The quantitative estimate of drug-likeness (QED) is 0.818. The predicted molar refractivity (Wildman–Crippen MR) is 62.2 cm³/mol. The van der Waals surface area contributed by atoms with Gasteiger partial charge in [-0.1, -0.05) is 17.3 Å². The Kier molecular flexibility index (Phi) is 3.84. The number of nitrogens with zero attached hydrogens (tertiary/aromatic N) is 2. The molecular formula is C10H16N4OS. The van der Waals surface area contributed by atoms with E-state index in [2.05, 4.69) is 14.9 Å². The number of rotatable bonds is 3. The summed E-state index contributed by atoms with van der Waals surface area (Å²) in [6, 6.07) is 0.216. The Morgan fingerprint density at radius 3 is 3.06 bits per heavy atom. The van der Waals surface area contributed by atoms with Crippen molar-refractivity contribution in [1.82, 2.24) is 14.9 Å². The highest BCUT2D eigenvalue weighted by atomic mass is 32.1. The maximum absolute atomic E-state index is 11.8. The van der Waals surface area contributed by atoms with Gasteiger partial charge in [0.25, 0.3) is 5.91 Å². The Labute approximate surface area is 98.6 Å². The molecule has 1 fully saturated rings. The molecule has 1 aliphatic carbocycles. The first-order valence-electron chi connectivity index (χ1n) is 5.59. The van der Waals surface area contributed by atoms with E-state index in [1.54, 1.807) is 0 Å². The summed E-state index contributed by atoms with van der Waals surface area (Å²) in [7, 11) is 0. The van der Waals surface area contributed by atoms with Crippen LogP contribution in [-0.2, 0) is 0 Å². The molecule has 5 nitrogen and oxygen atoms in total. The third kappa shape index (κ3) is 2.56. The van der Waals surface area contributed by atoms with Crippen LogP contribution in [0.25, 0.3) is 0 Å². The van der Waals surface area contributed by atoms with Gasteiger partial charge in [0, 0.05) is 6.04 Å². The summed E-state index contributed by atoms with van der Waals surface area (Å²) >= 11 is 1.12. The third-order valence-electron chi connectivity index (χ3n) is 3.11. The molecule has 1 heterocycles. The van der Waals surface area contributed by atoms with Crippen molar-refractivity contribution in [3.63, 3.8) is 0 Å². The highest BCUT2D eigenvalue weighted by molar-refractivity contribution is 7.07. The fourth-order valence-electron chi connectivity index (χ4n) is 2.19. The van der Waals surface area contributed by atoms with Crippen LogP contribution in [0.15, 0.2) is 6.20 Å². The Morgan fingerprint density at radius 2 is 2.38 bits per heavy atom. The summed E-state index contributed by atoms with van der Waals surface area (Å²) < 4.78 is 3.68.